The van der Waals surface area contributed by atoms with Crippen LogP contribution in [0, 0.1) is 19.7 Å². The molecular weight excluding hydrogens is 253 g/mol. The molecule has 1 aromatic heterocycles. The molecule has 2 aromatic rings. The second kappa shape index (κ2) is 4.90. The maximum absolute atomic E-state index is 13.2. The molecule has 0 aliphatic carbocycles. The van der Waals surface area contributed by atoms with Gasteiger partial charge in [-0.05, 0) is 32.0 Å². The zero-order valence-electron chi connectivity index (χ0n) is 10.4. The lowest BCUT2D eigenvalue weighted by Gasteiger charge is -2.10. The summed E-state index contributed by atoms with van der Waals surface area (Å²) in [5.74, 6) is 0.212. The van der Waals surface area contributed by atoms with Crippen LogP contribution in [0.15, 0.2) is 18.2 Å². The molecule has 5 heteroatoms. The fraction of sp³-hybridized carbons (Fsp3) is 0.231. The van der Waals surface area contributed by atoms with Crippen LogP contribution in [0.1, 0.15) is 11.4 Å². The lowest BCUT2D eigenvalue weighted by molar-refractivity contribution is 0.628. The first kappa shape index (κ1) is 12.8. The van der Waals surface area contributed by atoms with E-state index in [1.165, 1.54) is 6.07 Å². The first-order chi connectivity index (χ1) is 8.52. The van der Waals surface area contributed by atoms with Crippen molar-refractivity contribution >= 4 is 17.4 Å². The summed E-state index contributed by atoms with van der Waals surface area (Å²) in [5, 5.41) is 3.06. The number of anilines is 1. The van der Waals surface area contributed by atoms with Crippen LogP contribution in [0.25, 0.3) is 11.3 Å². The van der Waals surface area contributed by atoms with E-state index in [9.17, 15) is 4.39 Å². The summed E-state index contributed by atoms with van der Waals surface area (Å²) in [6.45, 7) is 3.78. The van der Waals surface area contributed by atoms with Crippen LogP contribution in [-0.2, 0) is 0 Å². The van der Waals surface area contributed by atoms with Crippen LogP contribution >= 0.6 is 11.6 Å². The van der Waals surface area contributed by atoms with Gasteiger partial charge in [0.25, 0.3) is 0 Å². The molecule has 94 valence electrons. The Morgan fingerprint density at radius 3 is 2.44 bits per heavy atom. The highest BCUT2D eigenvalue weighted by atomic mass is 35.5. The molecule has 0 saturated carbocycles. The minimum Gasteiger partial charge on any atom is -0.371 e. The molecule has 0 unspecified atom stereocenters. The van der Waals surface area contributed by atoms with E-state index in [0.717, 1.165) is 17.0 Å². The number of hydrogen-bond donors (Lipinski definition) is 1. The van der Waals surface area contributed by atoms with Gasteiger partial charge < -0.3 is 5.32 Å². The molecule has 0 fully saturated rings. The summed E-state index contributed by atoms with van der Waals surface area (Å²) in [7, 11) is 1.77. The number of benzene rings is 1. The van der Waals surface area contributed by atoms with Crippen molar-refractivity contribution in [2.75, 3.05) is 12.4 Å². The molecule has 0 atom stereocenters. The van der Waals surface area contributed by atoms with E-state index in [0.29, 0.717) is 11.5 Å². The summed E-state index contributed by atoms with van der Waals surface area (Å²) < 4.78 is 13.2. The van der Waals surface area contributed by atoms with Gasteiger partial charge in [0.05, 0.1) is 16.4 Å². The molecular formula is C13H13ClFN3. The summed E-state index contributed by atoms with van der Waals surface area (Å²) in [4.78, 5) is 8.89. The Bertz CT molecular complexity index is 599. The van der Waals surface area contributed by atoms with E-state index in [1.807, 2.05) is 13.8 Å². The third-order valence-electron chi connectivity index (χ3n) is 2.74. The fourth-order valence-corrected chi connectivity index (χ4v) is 1.80. The molecule has 1 aromatic carbocycles. The van der Waals surface area contributed by atoms with Gasteiger partial charge in [-0.15, -0.1) is 0 Å². The Balaban J connectivity index is 2.62. The van der Waals surface area contributed by atoms with Gasteiger partial charge >= 0.3 is 0 Å². The average Bonchev–Trinajstić information content (AvgIpc) is 2.35. The molecule has 3 nitrogen and oxygen atoms in total. The highest BCUT2D eigenvalue weighted by Crippen LogP contribution is 2.28. The smallest absolute Gasteiger partial charge is 0.152 e. The van der Waals surface area contributed by atoms with Crippen LogP contribution in [0.4, 0.5) is 10.2 Å². The Morgan fingerprint density at radius 2 is 1.83 bits per heavy atom. The van der Waals surface area contributed by atoms with Crippen molar-refractivity contribution in [1.82, 2.24) is 9.97 Å². The van der Waals surface area contributed by atoms with E-state index in [1.54, 1.807) is 19.2 Å². The van der Waals surface area contributed by atoms with Gasteiger partial charge in [-0.25, -0.2) is 14.4 Å². The number of nitrogens with one attached hydrogen (secondary N) is 1. The number of aromatic nitrogens is 2. The fourth-order valence-electron chi connectivity index (χ4n) is 1.62. The Kier molecular flexibility index (Phi) is 3.48. The number of aryl methyl sites for hydroxylation is 2. The molecule has 0 amide bonds. The van der Waals surface area contributed by atoms with Gasteiger partial charge in [-0.3, -0.25) is 0 Å². The third kappa shape index (κ3) is 2.29. The second-order valence-electron chi connectivity index (χ2n) is 3.97. The largest absolute Gasteiger partial charge is 0.371 e. The normalized spacial score (nSPS) is 10.5. The minimum absolute atomic E-state index is 0.0783. The van der Waals surface area contributed by atoms with E-state index in [4.69, 9.17) is 11.6 Å². The van der Waals surface area contributed by atoms with Crippen molar-refractivity contribution in [3.63, 3.8) is 0 Å². The van der Waals surface area contributed by atoms with Gasteiger partial charge in [-0.2, -0.15) is 0 Å². The van der Waals surface area contributed by atoms with Crippen molar-refractivity contribution in [2.45, 2.75) is 13.8 Å². The van der Waals surface area contributed by atoms with Crippen molar-refractivity contribution in [3.8, 4) is 11.3 Å². The SMILES string of the molecule is CNc1nc(C)c(C)nc1-c1ccc(F)c(Cl)c1. The van der Waals surface area contributed by atoms with Crippen molar-refractivity contribution in [1.29, 1.82) is 0 Å². The van der Waals surface area contributed by atoms with Crippen LogP contribution < -0.4 is 5.32 Å². The Labute approximate surface area is 110 Å². The van der Waals surface area contributed by atoms with Crippen molar-refractivity contribution in [2.24, 2.45) is 0 Å². The summed E-state index contributed by atoms with van der Waals surface area (Å²) in [6.07, 6.45) is 0. The van der Waals surface area contributed by atoms with E-state index >= 15 is 0 Å². The molecule has 2 rings (SSSR count). The van der Waals surface area contributed by atoms with E-state index in [-0.39, 0.29) is 5.02 Å². The van der Waals surface area contributed by atoms with Gasteiger partial charge in [-0.1, -0.05) is 11.6 Å². The maximum atomic E-state index is 13.2. The first-order valence-corrected chi connectivity index (χ1v) is 5.89. The van der Waals surface area contributed by atoms with Gasteiger partial charge in [0.1, 0.15) is 11.5 Å². The first-order valence-electron chi connectivity index (χ1n) is 5.51. The quantitative estimate of drug-likeness (QED) is 0.902. The highest BCUT2D eigenvalue weighted by Gasteiger charge is 2.11. The van der Waals surface area contributed by atoms with Gasteiger partial charge in [0.2, 0.25) is 0 Å². The average molecular weight is 266 g/mol. The maximum Gasteiger partial charge on any atom is 0.152 e. The van der Waals surface area contributed by atoms with E-state index < -0.39 is 5.82 Å². The van der Waals surface area contributed by atoms with Crippen LogP contribution in [-0.4, -0.2) is 17.0 Å². The van der Waals surface area contributed by atoms with Crippen LogP contribution in [0.3, 0.4) is 0 Å². The Hall–Kier alpha value is -1.68. The predicted molar refractivity (Wildman–Crippen MR) is 71.5 cm³/mol. The summed E-state index contributed by atoms with van der Waals surface area (Å²) in [5.41, 5.74) is 3.10. The van der Waals surface area contributed by atoms with E-state index in [2.05, 4.69) is 15.3 Å². The monoisotopic (exact) mass is 265 g/mol. The predicted octanol–water partition coefficient (Wildman–Crippen LogP) is 3.59. The zero-order valence-corrected chi connectivity index (χ0v) is 11.1. The molecule has 0 aliphatic heterocycles. The topological polar surface area (TPSA) is 37.8 Å². The molecule has 1 heterocycles. The molecule has 0 aliphatic rings. The molecule has 0 bridgehead atoms. The standard InChI is InChI=1S/C13H13ClFN3/c1-7-8(2)18-13(16-3)12(17-7)9-4-5-11(15)10(14)6-9/h4-6H,1-3H3,(H,16,18). The van der Waals surface area contributed by atoms with Crippen molar-refractivity contribution < 1.29 is 4.39 Å². The van der Waals surface area contributed by atoms with Crippen LogP contribution in [0.5, 0.6) is 0 Å². The van der Waals surface area contributed by atoms with Crippen LogP contribution in [0.2, 0.25) is 5.02 Å². The van der Waals surface area contributed by atoms with Crippen molar-refractivity contribution in [3.05, 3.63) is 40.4 Å². The summed E-state index contributed by atoms with van der Waals surface area (Å²) in [6, 6.07) is 4.52. The molecule has 0 saturated heterocycles. The number of halogens is 2. The number of rotatable bonds is 2. The zero-order chi connectivity index (χ0) is 13.3. The lowest BCUT2D eigenvalue weighted by atomic mass is 10.1. The molecule has 18 heavy (non-hydrogen) atoms. The third-order valence-corrected chi connectivity index (χ3v) is 3.03. The molecule has 1 N–H and O–H groups in total. The number of hydrogen-bond acceptors (Lipinski definition) is 3. The molecule has 0 radical (unpaired) electrons. The molecule has 0 spiro atoms. The second-order valence-corrected chi connectivity index (χ2v) is 4.38. The van der Waals surface area contributed by atoms with Gasteiger partial charge in [0.15, 0.2) is 5.82 Å². The lowest BCUT2D eigenvalue weighted by Crippen LogP contribution is -2.02. The summed E-state index contributed by atoms with van der Waals surface area (Å²) >= 11 is 5.79. The van der Waals surface area contributed by atoms with Gasteiger partial charge in [0, 0.05) is 12.6 Å². The Morgan fingerprint density at radius 1 is 1.17 bits per heavy atom. The highest BCUT2D eigenvalue weighted by molar-refractivity contribution is 6.31. The number of nitrogens with zero attached hydrogens (tertiary/aromatic N) is 2. The minimum atomic E-state index is -0.441.